The highest BCUT2D eigenvalue weighted by Crippen LogP contribution is 2.29. The number of carbonyl (C=O) groups excluding carboxylic acids is 2. The molecule has 1 saturated carbocycles. The number of carbonyl (C=O) groups is 2. The van der Waals surface area contributed by atoms with Gasteiger partial charge in [0.25, 0.3) is 11.7 Å². The summed E-state index contributed by atoms with van der Waals surface area (Å²) in [5, 5.41) is 7.71. The first-order valence-corrected chi connectivity index (χ1v) is 12.0. The second-order valence-electron chi connectivity index (χ2n) is 9.71. The Kier molecular flexibility index (Phi) is 6.87. The van der Waals surface area contributed by atoms with Crippen molar-refractivity contribution in [1.29, 1.82) is 0 Å². The van der Waals surface area contributed by atoms with Gasteiger partial charge in [-0.3, -0.25) is 9.59 Å². The van der Waals surface area contributed by atoms with Crippen molar-refractivity contribution in [2.75, 3.05) is 24.3 Å². The van der Waals surface area contributed by atoms with Gasteiger partial charge in [-0.15, -0.1) is 0 Å². The summed E-state index contributed by atoms with van der Waals surface area (Å²) in [5.41, 5.74) is 5.43. The van der Waals surface area contributed by atoms with E-state index >= 15 is 0 Å². The number of benzene rings is 2. The van der Waals surface area contributed by atoms with Gasteiger partial charge in [-0.05, 0) is 63.6 Å². The van der Waals surface area contributed by atoms with Crippen LogP contribution in [0.4, 0.5) is 11.5 Å². The van der Waals surface area contributed by atoms with E-state index in [1.807, 2.05) is 65.2 Å². The molecule has 6 nitrogen and oxygen atoms in total. The second-order valence-corrected chi connectivity index (χ2v) is 9.71. The zero-order valence-electron chi connectivity index (χ0n) is 20.7. The molecule has 6 heteroatoms. The zero-order valence-corrected chi connectivity index (χ0v) is 20.7. The first-order chi connectivity index (χ1) is 16.2. The quantitative estimate of drug-likeness (QED) is 0.404. The van der Waals surface area contributed by atoms with Crippen molar-refractivity contribution in [3.05, 3.63) is 64.7 Å². The molecule has 178 valence electrons. The fraction of sp³-hybridized carbons (Fsp3) is 0.393. The lowest BCUT2D eigenvalue weighted by atomic mass is 9.90. The molecule has 0 unspecified atom stereocenters. The Hall–Kier alpha value is -3.41. The predicted octanol–water partition coefficient (Wildman–Crippen LogP) is 4.95. The fourth-order valence-electron chi connectivity index (χ4n) is 5.09. The number of ketones is 1. The second kappa shape index (κ2) is 9.84. The molecule has 1 heterocycles. The molecular weight excluding hydrogens is 424 g/mol. The average Bonchev–Trinajstić information content (AvgIpc) is 2.79. The number of aromatic nitrogens is 1. The van der Waals surface area contributed by atoms with Gasteiger partial charge in [-0.2, -0.15) is 0 Å². The lowest BCUT2D eigenvalue weighted by Gasteiger charge is -2.30. The molecule has 1 aromatic heterocycles. The van der Waals surface area contributed by atoms with Crippen molar-refractivity contribution in [3.8, 4) is 0 Å². The Labute approximate surface area is 201 Å². The lowest BCUT2D eigenvalue weighted by molar-refractivity contribution is -0.117. The van der Waals surface area contributed by atoms with E-state index in [0.29, 0.717) is 5.56 Å². The number of nitrogens with one attached hydrogen (secondary N) is 2. The SMILES string of the molecule is Cc1cc(C)c(C(=O)C(=O)N[C@H]2CC[C@@H](Nc3cc(N(C)C)c4ccccc4n3)CC2)c(C)c1. The molecular formula is C28H34N4O2. The van der Waals surface area contributed by atoms with Crippen LogP contribution in [0.25, 0.3) is 10.9 Å². The fourth-order valence-corrected chi connectivity index (χ4v) is 5.09. The number of amides is 1. The third-order valence-electron chi connectivity index (χ3n) is 6.70. The van der Waals surface area contributed by atoms with Crippen LogP contribution in [0.3, 0.4) is 0 Å². The van der Waals surface area contributed by atoms with Crippen molar-refractivity contribution >= 4 is 34.1 Å². The number of aryl methyl sites for hydroxylation is 3. The number of nitrogens with zero attached hydrogens (tertiary/aromatic N) is 2. The molecule has 1 aliphatic rings. The molecule has 1 aliphatic carbocycles. The number of anilines is 2. The highest BCUT2D eigenvalue weighted by atomic mass is 16.2. The van der Waals surface area contributed by atoms with Crippen molar-refractivity contribution in [3.63, 3.8) is 0 Å². The molecule has 0 radical (unpaired) electrons. The van der Waals surface area contributed by atoms with Crippen LogP contribution >= 0.6 is 0 Å². The molecule has 0 spiro atoms. The van der Waals surface area contributed by atoms with Crippen LogP contribution < -0.4 is 15.5 Å². The van der Waals surface area contributed by atoms with E-state index in [1.54, 1.807) is 0 Å². The van der Waals surface area contributed by atoms with Crippen LogP contribution in [0.5, 0.6) is 0 Å². The van der Waals surface area contributed by atoms with Gasteiger partial charge in [-0.25, -0.2) is 4.98 Å². The van der Waals surface area contributed by atoms with Gasteiger partial charge in [-0.1, -0.05) is 35.9 Å². The topological polar surface area (TPSA) is 74.3 Å². The van der Waals surface area contributed by atoms with Crippen molar-refractivity contribution < 1.29 is 9.59 Å². The van der Waals surface area contributed by atoms with Gasteiger partial charge in [0, 0.05) is 48.9 Å². The maximum atomic E-state index is 12.8. The van der Waals surface area contributed by atoms with Crippen LogP contribution in [-0.2, 0) is 4.79 Å². The Bertz CT molecular complexity index is 1200. The summed E-state index contributed by atoms with van der Waals surface area (Å²) in [7, 11) is 4.08. The van der Waals surface area contributed by atoms with Crippen molar-refractivity contribution in [2.24, 2.45) is 0 Å². The van der Waals surface area contributed by atoms with Gasteiger partial charge in [0.15, 0.2) is 0 Å². The summed E-state index contributed by atoms with van der Waals surface area (Å²) in [4.78, 5) is 32.5. The maximum absolute atomic E-state index is 12.8. The Morgan fingerprint density at radius 2 is 1.53 bits per heavy atom. The summed E-state index contributed by atoms with van der Waals surface area (Å²) in [6.45, 7) is 5.77. The van der Waals surface area contributed by atoms with Gasteiger partial charge < -0.3 is 15.5 Å². The van der Waals surface area contributed by atoms with Crippen molar-refractivity contribution in [1.82, 2.24) is 10.3 Å². The Morgan fingerprint density at radius 1 is 0.912 bits per heavy atom. The molecule has 2 aromatic carbocycles. The number of Topliss-reactive ketones (excluding diaryl/α,β-unsaturated/α-hetero) is 1. The lowest BCUT2D eigenvalue weighted by Crippen LogP contribution is -2.43. The van der Waals surface area contributed by atoms with Crippen molar-refractivity contribution in [2.45, 2.75) is 58.5 Å². The number of fused-ring (bicyclic) bond motifs is 1. The minimum absolute atomic E-state index is 0.0162. The standard InChI is InChI=1S/C28H34N4O2/c1-17-14-18(2)26(19(3)15-17)27(33)28(34)30-21-12-10-20(11-13-21)29-25-16-24(32(4)5)22-8-6-7-9-23(22)31-25/h6-9,14-16,20-21H,10-13H2,1-5H3,(H,29,31)(H,30,34)/t20-,21+. The normalized spacial score (nSPS) is 17.9. The van der Waals surface area contributed by atoms with E-state index in [2.05, 4.69) is 27.7 Å². The van der Waals surface area contributed by atoms with E-state index in [9.17, 15) is 9.59 Å². The summed E-state index contributed by atoms with van der Waals surface area (Å²) in [6.07, 6.45) is 3.48. The van der Waals surface area contributed by atoms with Gasteiger partial charge in [0.1, 0.15) is 5.82 Å². The predicted molar refractivity (Wildman–Crippen MR) is 139 cm³/mol. The average molecular weight is 459 g/mol. The molecule has 1 fully saturated rings. The number of hydrogen-bond donors (Lipinski definition) is 2. The smallest absolute Gasteiger partial charge is 0.292 e. The molecule has 0 bridgehead atoms. The highest BCUT2D eigenvalue weighted by Gasteiger charge is 2.27. The van der Waals surface area contributed by atoms with E-state index in [4.69, 9.17) is 4.98 Å². The summed E-state index contributed by atoms with van der Waals surface area (Å²) < 4.78 is 0. The minimum atomic E-state index is -0.502. The van der Waals surface area contributed by atoms with E-state index in [-0.39, 0.29) is 12.1 Å². The molecule has 1 amide bonds. The van der Waals surface area contributed by atoms with Crippen LogP contribution in [0.2, 0.25) is 0 Å². The number of rotatable bonds is 6. The molecule has 4 rings (SSSR count). The third-order valence-corrected chi connectivity index (χ3v) is 6.70. The van der Waals surface area contributed by atoms with Gasteiger partial charge >= 0.3 is 0 Å². The molecule has 34 heavy (non-hydrogen) atoms. The molecule has 0 atom stereocenters. The summed E-state index contributed by atoms with van der Waals surface area (Å²) >= 11 is 0. The van der Waals surface area contributed by atoms with Gasteiger partial charge in [0.05, 0.1) is 5.52 Å². The Balaban J connectivity index is 1.37. The summed E-state index contributed by atoms with van der Waals surface area (Å²) in [6, 6.07) is 14.5. The number of pyridine rings is 1. The third kappa shape index (κ3) is 5.06. The molecule has 0 saturated heterocycles. The van der Waals surface area contributed by atoms with E-state index in [0.717, 1.165) is 64.8 Å². The van der Waals surface area contributed by atoms with Crippen LogP contribution in [0.15, 0.2) is 42.5 Å². The zero-order chi connectivity index (χ0) is 24.4. The van der Waals surface area contributed by atoms with Crippen LogP contribution in [0, 0.1) is 20.8 Å². The minimum Gasteiger partial charge on any atom is -0.377 e. The monoisotopic (exact) mass is 458 g/mol. The van der Waals surface area contributed by atoms with Crippen LogP contribution in [0.1, 0.15) is 52.7 Å². The first-order valence-electron chi connectivity index (χ1n) is 12.0. The van der Waals surface area contributed by atoms with Gasteiger partial charge in [0.2, 0.25) is 0 Å². The molecule has 2 N–H and O–H groups in total. The first kappa shape index (κ1) is 23.7. The number of para-hydroxylation sites is 1. The molecule has 3 aromatic rings. The maximum Gasteiger partial charge on any atom is 0.292 e. The van der Waals surface area contributed by atoms with E-state index < -0.39 is 11.7 Å². The Morgan fingerprint density at radius 3 is 2.18 bits per heavy atom. The highest BCUT2D eigenvalue weighted by molar-refractivity contribution is 6.43. The largest absolute Gasteiger partial charge is 0.377 e. The number of hydrogen-bond acceptors (Lipinski definition) is 5. The summed E-state index contributed by atoms with van der Waals surface area (Å²) in [5.74, 6) is -0.0690. The van der Waals surface area contributed by atoms with Crippen LogP contribution in [-0.4, -0.2) is 42.9 Å². The molecule has 0 aliphatic heterocycles. The van der Waals surface area contributed by atoms with E-state index in [1.165, 1.54) is 0 Å².